The zero-order chi connectivity index (χ0) is 13.1. The van der Waals surface area contributed by atoms with E-state index in [0.717, 1.165) is 17.9 Å². The maximum absolute atomic E-state index is 12.2. The summed E-state index contributed by atoms with van der Waals surface area (Å²) in [7, 11) is 0. The number of halogens is 1. The first-order valence-electron chi connectivity index (χ1n) is 7.40. The van der Waals surface area contributed by atoms with Crippen LogP contribution in [0.5, 0.6) is 0 Å². The highest BCUT2D eigenvalue weighted by Gasteiger charge is 2.37. The summed E-state index contributed by atoms with van der Waals surface area (Å²) >= 11 is 0. The molecule has 1 aliphatic heterocycles. The first-order valence-corrected chi connectivity index (χ1v) is 7.40. The number of rotatable bonds is 3. The van der Waals surface area contributed by atoms with Gasteiger partial charge < -0.3 is 10.6 Å². The third-order valence-corrected chi connectivity index (χ3v) is 4.49. The Morgan fingerprint density at radius 2 is 1.95 bits per heavy atom. The number of fused-ring (bicyclic) bond motifs is 1. The van der Waals surface area contributed by atoms with Crippen molar-refractivity contribution in [2.24, 2.45) is 5.92 Å². The summed E-state index contributed by atoms with van der Waals surface area (Å²) in [6.07, 6.45) is 6.20. The standard InChI is InChI=1S/C16H22N2O.ClH/c19-16(17-11-12-6-2-1-3-7-12)15-10-13-8-4-5-9-14(13)18-15;/h1-3,6-7,13-15,18H,4-5,8-11H2,(H,17,19);1H. The van der Waals surface area contributed by atoms with Crippen molar-refractivity contribution in [3.05, 3.63) is 35.9 Å². The Kier molecular flexibility index (Phi) is 5.44. The molecule has 1 saturated heterocycles. The highest BCUT2D eigenvalue weighted by Crippen LogP contribution is 2.33. The van der Waals surface area contributed by atoms with E-state index in [1.807, 2.05) is 30.3 Å². The molecule has 3 rings (SSSR count). The fraction of sp³-hybridized carbons (Fsp3) is 0.562. The number of carbonyl (C=O) groups is 1. The first kappa shape index (κ1) is 15.3. The van der Waals surface area contributed by atoms with Crippen LogP contribution in [0, 0.1) is 5.92 Å². The molecule has 2 N–H and O–H groups in total. The van der Waals surface area contributed by atoms with E-state index in [2.05, 4.69) is 10.6 Å². The van der Waals surface area contributed by atoms with E-state index in [0.29, 0.717) is 12.6 Å². The zero-order valence-electron chi connectivity index (χ0n) is 11.7. The Labute approximate surface area is 126 Å². The van der Waals surface area contributed by atoms with E-state index in [9.17, 15) is 4.79 Å². The second kappa shape index (κ2) is 7.09. The van der Waals surface area contributed by atoms with Gasteiger partial charge in [-0.3, -0.25) is 4.79 Å². The van der Waals surface area contributed by atoms with Crippen molar-refractivity contribution in [2.45, 2.75) is 50.7 Å². The van der Waals surface area contributed by atoms with Crippen molar-refractivity contribution in [1.82, 2.24) is 10.6 Å². The summed E-state index contributed by atoms with van der Waals surface area (Å²) in [6.45, 7) is 0.632. The lowest BCUT2D eigenvalue weighted by Crippen LogP contribution is -2.42. The quantitative estimate of drug-likeness (QED) is 0.900. The molecule has 1 aromatic rings. The maximum atomic E-state index is 12.2. The minimum absolute atomic E-state index is 0. The maximum Gasteiger partial charge on any atom is 0.237 e. The second-order valence-electron chi connectivity index (χ2n) is 5.81. The van der Waals surface area contributed by atoms with Crippen molar-refractivity contribution in [1.29, 1.82) is 0 Å². The van der Waals surface area contributed by atoms with E-state index >= 15 is 0 Å². The van der Waals surface area contributed by atoms with Crippen molar-refractivity contribution in [3.63, 3.8) is 0 Å². The van der Waals surface area contributed by atoms with Gasteiger partial charge in [0.05, 0.1) is 6.04 Å². The molecule has 1 aromatic carbocycles. The van der Waals surface area contributed by atoms with E-state index < -0.39 is 0 Å². The molecule has 1 heterocycles. The van der Waals surface area contributed by atoms with Crippen LogP contribution < -0.4 is 10.6 Å². The summed E-state index contributed by atoms with van der Waals surface area (Å²) in [5, 5.41) is 6.57. The van der Waals surface area contributed by atoms with Crippen LogP contribution in [0.15, 0.2) is 30.3 Å². The SMILES string of the molecule is Cl.O=C(NCc1ccccc1)C1CC2CCCCC2N1. The van der Waals surface area contributed by atoms with Crippen LogP contribution in [0.25, 0.3) is 0 Å². The molecule has 4 heteroatoms. The van der Waals surface area contributed by atoms with Crippen LogP contribution in [0.3, 0.4) is 0 Å². The van der Waals surface area contributed by atoms with Crippen LogP contribution in [0.2, 0.25) is 0 Å². The van der Waals surface area contributed by atoms with Crippen LogP contribution in [0.1, 0.15) is 37.7 Å². The van der Waals surface area contributed by atoms with Gasteiger partial charge in [0.1, 0.15) is 0 Å². The number of hydrogen-bond donors (Lipinski definition) is 2. The average molecular weight is 295 g/mol. The van der Waals surface area contributed by atoms with E-state index in [-0.39, 0.29) is 24.4 Å². The highest BCUT2D eigenvalue weighted by atomic mass is 35.5. The molecule has 0 spiro atoms. The second-order valence-corrected chi connectivity index (χ2v) is 5.81. The average Bonchev–Trinajstić information content (AvgIpc) is 2.90. The van der Waals surface area contributed by atoms with Gasteiger partial charge in [-0.25, -0.2) is 0 Å². The Morgan fingerprint density at radius 3 is 2.70 bits per heavy atom. The predicted molar refractivity (Wildman–Crippen MR) is 82.8 cm³/mol. The van der Waals surface area contributed by atoms with Crippen molar-refractivity contribution < 1.29 is 4.79 Å². The number of carbonyl (C=O) groups excluding carboxylic acids is 1. The van der Waals surface area contributed by atoms with Gasteiger partial charge in [-0.15, -0.1) is 12.4 Å². The van der Waals surface area contributed by atoms with Gasteiger partial charge in [0.15, 0.2) is 0 Å². The molecule has 1 amide bonds. The van der Waals surface area contributed by atoms with Crippen LogP contribution in [0.4, 0.5) is 0 Å². The lowest BCUT2D eigenvalue weighted by Gasteiger charge is -2.24. The fourth-order valence-corrected chi connectivity index (χ4v) is 3.43. The number of nitrogens with one attached hydrogen (secondary N) is 2. The third-order valence-electron chi connectivity index (χ3n) is 4.49. The monoisotopic (exact) mass is 294 g/mol. The van der Waals surface area contributed by atoms with Crippen LogP contribution in [-0.2, 0) is 11.3 Å². The molecule has 0 bridgehead atoms. The first-order chi connectivity index (χ1) is 9.33. The van der Waals surface area contributed by atoms with Crippen molar-refractivity contribution >= 4 is 18.3 Å². The summed E-state index contributed by atoms with van der Waals surface area (Å²) in [5.41, 5.74) is 1.16. The van der Waals surface area contributed by atoms with Gasteiger partial charge in [0.25, 0.3) is 0 Å². The normalized spacial score (nSPS) is 28.3. The van der Waals surface area contributed by atoms with Gasteiger partial charge in [-0.1, -0.05) is 43.2 Å². The van der Waals surface area contributed by atoms with Crippen molar-refractivity contribution in [3.8, 4) is 0 Å². The Bertz CT molecular complexity index is 423. The van der Waals surface area contributed by atoms with Crippen LogP contribution >= 0.6 is 12.4 Å². The smallest absolute Gasteiger partial charge is 0.237 e. The van der Waals surface area contributed by atoms with Gasteiger partial charge in [-0.05, 0) is 30.7 Å². The van der Waals surface area contributed by atoms with Crippen LogP contribution in [-0.4, -0.2) is 18.0 Å². The Hall–Kier alpha value is -1.06. The predicted octanol–water partition coefficient (Wildman–Crippen LogP) is 2.65. The molecule has 0 radical (unpaired) electrons. The zero-order valence-corrected chi connectivity index (χ0v) is 12.5. The molecule has 0 aromatic heterocycles. The Morgan fingerprint density at radius 1 is 1.20 bits per heavy atom. The molecule has 3 unspecified atom stereocenters. The van der Waals surface area contributed by atoms with Gasteiger partial charge in [0.2, 0.25) is 5.91 Å². The van der Waals surface area contributed by atoms with Gasteiger partial charge in [-0.2, -0.15) is 0 Å². The lowest BCUT2D eigenvalue weighted by molar-refractivity contribution is -0.123. The number of benzene rings is 1. The van der Waals surface area contributed by atoms with Gasteiger partial charge in [0, 0.05) is 12.6 Å². The molecule has 110 valence electrons. The molecule has 1 saturated carbocycles. The Balaban J connectivity index is 0.00000147. The number of amides is 1. The number of hydrogen-bond acceptors (Lipinski definition) is 2. The lowest BCUT2D eigenvalue weighted by atomic mass is 9.85. The van der Waals surface area contributed by atoms with E-state index in [4.69, 9.17) is 0 Å². The molecule has 2 aliphatic rings. The summed E-state index contributed by atoms with van der Waals surface area (Å²) in [4.78, 5) is 12.2. The topological polar surface area (TPSA) is 41.1 Å². The van der Waals surface area contributed by atoms with E-state index in [1.54, 1.807) is 0 Å². The minimum Gasteiger partial charge on any atom is -0.351 e. The molecule has 1 aliphatic carbocycles. The minimum atomic E-state index is 0. The van der Waals surface area contributed by atoms with Gasteiger partial charge >= 0.3 is 0 Å². The van der Waals surface area contributed by atoms with Crippen molar-refractivity contribution in [2.75, 3.05) is 0 Å². The molecule has 2 fully saturated rings. The fourth-order valence-electron chi connectivity index (χ4n) is 3.43. The molecular weight excluding hydrogens is 272 g/mol. The van der Waals surface area contributed by atoms with E-state index in [1.165, 1.54) is 25.7 Å². The summed E-state index contributed by atoms with van der Waals surface area (Å²) < 4.78 is 0. The molecule has 20 heavy (non-hydrogen) atoms. The summed E-state index contributed by atoms with van der Waals surface area (Å²) in [5.74, 6) is 0.888. The molecule has 3 nitrogen and oxygen atoms in total. The summed E-state index contributed by atoms with van der Waals surface area (Å²) in [6, 6.07) is 10.7. The molecular formula is C16H23ClN2O. The molecule has 3 atom stereocenters. The largest absolute Gasteiger partial charge is 0.351 e. The third kappa shape index (κ3) is 3.53. The highest BCUT2D eigenvalue weighted by molar-refractivity contribution is 5.85.